The van der Waals surface area contributed by atoms with E-state index in [0.29, 0.717) is 11.5 Å². The highest BCUT2D eigenvalue weighted by Gasteiger charge is 2.55. The first kappa shape index (κ1) is 23.5. The number of carbonyl (C=O) groups is 2. The summed E-state index contributed by atoms with van der Waals surface area (Å²) in [6.07, 6.45) is 6.22. The van der Waals surface area contributed by atoms with Crippen molar-refractivity contribution in [3.8, 4) is 11.5 Å². The molecule has 0 amide bonds. The number of aryl methyl sites for hydroxylation is 4. The highest BCUT2D eigenvalue weighted by atomic mass is 16.5. The average Bonchev–Trinajstić information content (AvgIpc) is 3.45. The molecule has 4 nitrogen and oxygen atoms in total. The van der Waals surface area contributed by atoms with Crippen LogP contribution in [0.1, 0.15) is 69.2 Å². The van der Waals surface area contributed by atoms with Gasteiger partial charge in [-0.05, 0) is 91.2 Å². The number of benzene rings is 2. The first-order chi connectivity index (χ1) is 16.0. The number of rotatable bonds is 8. The van der Waals surface area contributed by atoms with Gasteiger partial charge < -0.3 is 9.47 Å². The zero-order valence-electron chi connectivity index (χ0n) is 20.4. The Morgan fingerprint density at radius 3 is 1.48 bits per heavy atom. The summed E-state index contributed by atoms with van der Waals surface area (Å²) in [6, 6.07) is 12.2. The fourth-order valence-corrected chi connectivity index (χ4v) is 5.73. The standard InChI is InChI=1S/C29H36O4/c1-5-18-9-11-20(7-3)24(15-18)32-28(30)26-22-13-14-23(17-22)27(26)29(31)33-25-16-19(6-2)10-12-21(25)8-4/h9-12,15-16,22-23,26-27H,5-8,13-14,17H2,1-4H3. The van der Waals surface area contributed by atoms with E-state index in [4.69, 9.17) is 9.47 Å². The van der Waals surface area contributed by atoms with Crippen LogP contribution in [0.3, 0.4) is 0 Å². The summed E-state index contributed by atoms with van der Waals surface area (Å²) in [4.78, 5) is 26.9. The maximum atomic E-state index is 13.4. The Bertz CT molecular complexity index is 943. The quantitative estimate of drug-likeness (QED) is 0.361. The van der Waals surface area contributed by atoms with Gasteiger partial charge in [-0.2, -0.15) is 0 Å². The fraction of sp³-hybridized carbons (Fsp3) is 0.517. The number of carbonyl (C=O) groups excluding carboxylic acids is 2. The van der Waals surface area contributed by atoms with Crippen molar-refractivity contribution in [1.82, 2.24) is 0 Å². The van der Waals surface area contributed by atoms with E-state index in [1.54, 1.807) is 0 Å². The van der Waals surface area contributed by atoms with Crippen molar-refractivity contribution >= 4 is 11.9 Å². The van der Waals surface area contributed by atoms with Crippen LogP contribution in [0.25, 0.3) is 0 Å². The van der Waals surface area contributed by atoms with Crippen molar-refractivity contribution in [3.05, 3.63) is 58.7 Å². The third-order valence-corrected chi connectivity index (χ3v) is 7.72. The summed E-state index contributed by atoms with van der Waals surface area (Å²) in [5.74, 6) is 0.284. The van der Waals surface area contributed by atoms with Gasteiger partial charge in [-0.1, -0.05) is 52.0 Å². The largest absolute Gasteiger partial charge is 0.426 e. The van der Waals surface area contributed by atoms with E-state index in [1.165, 1.54) is 0 Å². The Morgan fingerprint density at radius 1 is 0.697 bits per heavy atom. The molecular formula is C29H36O4. The first-order valence-corrected chi connectivity index (χ1v) is 12.7. The van der Waals surface area contributed by atoms with E-state index >= 15 is 0 Å². The Kier molecular flexibility index (Phi) is 7.21. The average molecular weight is 449 g/mol. The summed E-state index contributed by atoms with van der Waals surface area (Å²) in [6.45, 7) is 8.30. The molecule has 0 spiro atoms. The first-order valence-electron chi connectivity index (χ1n) is 12.7. The van der Waals surface area contributed by atoms with Crippen LogP contribution in [0.4, 0.5) is 0 Å². The van der Waals surface area contributed by atoms with Gasteiger partial charge in [0.2, 0.25) is 0 Å². The molecule has 0 saturated heterocycles. The molecule has 2 fully saturated rings. The summed E-state index contributed by atoms with van der Waals surface area (Å²) in [5.41, 5.74) is 4.32. The number of ether oxygens (including phenoxy) is 2. The molecule has 2 aliphatic rings. The molecule has 33 heavy (non-hydrogen) atoms. The molecule has 0 N–H and O–H groups in total. The van der Waals surface area contributed by atoms with Crippen LogP contribution >= 0.6 is 0 Å². The zero-order valence-corrected chi connectivity index (χ0v) is 20.4. The Labute approximate surface area is 197 Å². The lowest BCUT2D eigenvalue weighted by atomic mass is 9.79. The lowest BCUT2D eigenvalue weighted by Crippen LogP contribution is -2.39. The topological polar surface area (TPSA) is 52.6 Å². The van der Waals surface area contributed by atoms with Crippen molar-refractivity contribution in [2.24, 2.45) is 23.7 Å². The molecule has 4 atom stereocenters. The van der Waals surface area contributed by atoms with Gasteiger partial charge in [0.25, 0.3) is 0 Å². The van der Waals surface area contributed by atoms with Crippen LogP contribution in [0.5, 0.6) is 11.5 Å². The number of hydrogen-bond acceptors (Lipinski definition) is 4. The van der Waals surface area contributed by atoms with E-state index < -0.39 is 11.8 Å². The van der Waals surface area contributed by atoms with Gasteiger partial charge in [0.15, 0.2) is 0 Å². The molecule has 4 unspecified atom stereocenters. The van der Waals surface area contributed by atoms with Crippen molar-refractivity contribution in [1.29, 1.82) is 0 Å². The number of fused-ring (bicyclic) bond motifs is 2. The van der Waals surface area contributed by atoms with E-state index in [0.717, 1.165) is 67.2 Å². The number of esters is 2. The van der Waals surface area contributed by atoms with Gasteiger partial charge >= 0.3 is 11.9 Å². The van der Waals surface area contributed by atoms with Gasteiger partial charge in [-0.25, -0.2) is 0 Å². The molecule has 0 aliphatic heterocycles. The SMILES string of the molecule is CCc1ccc(CC)c(OC(=O)C2C3CCC(C3)C2C(=O)Oc2cc(CC)ccc2CC)c1. The fourth-order valence-electron chi connectivity index (χ4n) is 5.73. The van der Waals surface area contributed by atoms with E-state index in [2.05, 4.69) is 39.8 Å². The highest BCUT2D eigenvalue weighted by molar-refractivity contribution is 5.86. The van der Waals surface area contributed by atoms with Crippen molar-refractivity contribution in [3.63, 3.8) is 0 Å². The van der Waals surface area contributed by atoms with Gasteiger partial charge in [-0.3, -0.25) is 9.59 Å². The van der Waals surface area contributed by atoms with E-state index in [-0.39, 0.29) is 23.8 Å². The van der Waals surface area contributed by atoms with Gasteiger partial charge in [0.05, 0.1) is 11.8 Å². The minimum Gasteiger partial charge on any atom is -0.426 e. The van der Waals surface area contributed by atoms with Gasteiger partial charge in [0.1, 0.15) is 11.5 Å². The molecule has 2 aliphatic carbocycles. The molecule has 176 valence electrons. The molecule has 0 radical (unpaired) electrons. The van der Waals surface area contributed by atoms with Crippen LogP contribution < -0.4 is 9.47 Å². The number of hydrogen-bond donors (Lipinski definition) is 0. The molecule has 0 aromatic heterocycles. The molecular weight excluding hydrogens is 412 g/mol. The molecule has 2 saturated carbocycles. The molecule has 2 aromatic carbocycles. The monoisotopic (exact) mass is 448 g/mol. The zero-order chi connectivity index (χ0) is 23.5. The summed E-state index contributed by atoms with van der Waals surface area (Å²) < 4.78 is 12.0. The lowest BCUT2D eigenvalue weighted by molar-refractivity contribution is -0.153. The molecule has 2 bridgehead atoms. The van der Waals surface area contributed by atoms with Gasteiger partial charge in [0, 0.05) is 0 Å². The molecule has 4 rings (SSSR count). The maximum Gasteiger partial charge on any atom is 0.315 e. The van der Waals surface area contributed by atoms with Gasteiger partial charge in [-0.15, -0.1) is 0 Å². The lowest BCUT2D eigenvalue weighted by Gasteiger charge is -2.28. The second-order valence-corrected chi connectivity index (χ2v) is 9.53. The summed E-state index contributed by atoms with van der Waals surface area (Å²) >= 11 is 0. The van der Waals surface area contributed by atoms with Crippen LogP contribution in [-0.4, -0.2) is 11.9 Å². The van der Waals surface area contributed by atoms with Crippen LogP contribution in [0.15, 0.2) is 36.4 Å². The minimum absolute atomic E-state index is 0.201. The normalized spacial score (nSPS) is 23.5. The van der Waals surface area contributed by atoms with Crippen molar-refractivity contribution < 1.29 is 19.1 Å². The Hall–Kier alpha value is -2.62. The second kappa shape index (κ2) is 10.1. The summed E-state index contributed by atoms with van der Waals surface area (Å²) in [7, 11) is 0. The third-order valence-electron chi connectivity index (χ3n) is 7.72. The van der Waals surface area contributed by atoms with E-state index in [1.807, 2.05) is 24.3 Å². The third kappa shape index (κ3) is 4.71. The molecule has 4 heteroatoms. The Balaban J connectivity index is 1.57. The minimum atomic E-state index is -0.425. The highest BCUT2D eigenvalue weighted by Crippen LogP contribution is 2.53. The van der Waals surface area contributed by atoms with Crippen molar-refractivity contribution in [2.45, 2.75) is 72.6 Å². The van der Waals surface area contributed by atoms with Crippen LogP contribution in [0.2, 0.25) is 0 Å². The van der Waals surface area contributed by atoms with Crippen LogP contribution in [-0.2, 0) is 35.3 Å². The smallest absolute Gasteiger partial charge is 0.315 e. The Morgan fingerprint density at radius 2 is 1.12 bits per heavy atom. The maximum absolute atomic E-state index is 13.4. The molecule has 2 aromatic rings. The van der Waals surface area contributed by atoms with Crippen molar-refractivity contribution in [2.75, 3.05) is 0 Å². The predicted molar refractivity (Wildman–Crippen MR) is 129 cm³/mol. The molecule has 0 heterocycles. The van der Waals surface area contributed by atoms with E-state index in [9.17, 15) is 9.59 Å². The predicted octanol–water partition coefficient (Wildman–Crippen LogP) is 6.11. The van der Waals surface area contributed by atoms with Crippen LogP contribution in [0, 0.1) is 23.7 Å². The second-order valence-electron chi connectivity index (χ2n) is 9.53. The summed E-state index contributed by atoms with van der Waals surface area (Å²) in [5, 5.41) is 0.